The van der Waals surface area contributed by atoms with Crippen LogP contribution < -0.4 is 16.0 Å². The largest absolute Gasteiger partial charge is 0.481 e. The van der Waals surface area contributed by atoms with Crippen LogP contribution in [0.25, 0.3) is 0 Å². The average Bonchev–Trinajstić information content (AvgIpc) is 2.79. The lowest BCUT2D eigenvalue weighted by molar-refractivity contribution is -0.147. The zero-order valence-corrected chi connectivity index (χ0v) is 20.0. The van der Waals surface area contributed by atoms with Crippen LogP contribution in [0.15, 0.2) is 30.3 Å². The minimum atomic E-state index is -1.47. The van der Waals surface area contributed by atoms with E-state index in [-0.39, 0.29) is 12.5 Å². The molecule has 1 aromatic carbocycles. The third kappa shape index (κ3) is 11.1. The minimum absolute atomic E-state index is 0.00422. The summed E-state index contributed by atoms with van der Waals surface area (Å²) >= 11 is 0. The maximum absolute atomic E-state index is 12.7. The van der Waals surface area contributed by atoms with Crippen LogP contribution in [0.2, 0.25) is 0 Å². The van der Waals surface area contributed by atoms with Crippen molar-refractivity contribution >= 4 is 35.6 Å². The van der Waals surface area contributed by atoms with Crippen LogP contribution in [0.5, 0.6) is 0 Å². The molecule has 3 atom stereocenters. The molecule has 0 aliphatic carbocycles. The lowest BCUT2D eigenvalue weighted by atomic mass is 10.0. The molecule has 0 heterocycles. The number of Topliss-reactive ketones (excluding diaryl/α,β-unsaturated/α-hetero) is 1. The number of alkyl carbamates (subject to hydrolysis) is 1. The molecular formula is C23H31N3O9. The predicted molar refractivity (Wildman–Crippen MR) is 122 cm³/mol. The number of carboxylic acids is 1. The first kappa shape index (κ1) is 29.1. The van der Waals surface area contributed by atoms with E-state index in [0.717, 1.165) is 12.5 Å². The molecule has 0 aliphatic heterocycles. The normalized spacial score (nSPS) is 13.1. The number of aliphatic carboxylic acids is 1. The number of nitrogens with one attached hydrogen (secondary N) is 3. The van der Waals surface area contributed by atoms with E-state index >= 15 is 0 Å². The topological polar surface area (TPSA) is 177 Å². The molecule has 0 fully saturated rings. The summed E-state index contributed by atoms with van der Waals surface area (Å²) in [5.74, 6) is -4.80. The van der Waals surface area contributed by atoms with Crippen molar-refractivity contribution in [3.05, 3.63) is 35.9 Å². The number of esters is 1. The number of rotatable bonds is 13. The van der Waals surface area contributed by atoms with Crippen molar-refractivity contribution in [3.8, 4) is 0 Å². The highest BCUT2D eigenvalue weighted by Crippen LogP contribution is 2.06. The Hall–Kier alpha value is -3.96. The molecule has 35 heavy (non-hydrogen) atoms. The summed E-state index contributed by atoms with van der Waals surface area (Å²) in [5, 5.41) is 16.1. The zero-order valence-electron chi connectivity index (χ0n) is 20.0. The molecule has 0 saturated carbocycles. The van der Waals surface area contributed by atoms with Gasteiger partial charge in [-0.15, -0.1) is 0 Å². The molecule has 0 spiro atoms. The molecule has 1 aromatic rings. The Morgan fingerprint density at radius 2 is 1.51 bits per heavy atom. The average molecular weight is 494 g/mol. The van der Waals surface area contributed by atoms with E-state index in [2.05, 4.69) is 20.7 Å². The number of ether oxygens (including phenoxy) is 2. The molecule has 0 bridgehead atoms. The van der Waals surface area contributed by atoms with Gasteiger partial charge in [0.2, 0.25) is 11.8 Å². The lowest BCUT2D eigenvalue weighted by Crippen LogP contribution is -2.56. The molecule has 12 heteroatoms. The summed E-state index contributed by atoms with van der Waals surface area (Å²) < 4.78 is 9.69. The summed E-state index contributed by atoms with van der Waals surface area (Å²) in [6, 6.07) is 5.27. The van der Waals surface area contributed by atoms with Crippen molar-refractivity contribution in [1.29, 1.82) is 0 Å². The van der Waals surface area contributed by atoms with Gasteiger partial charge in [-0.25, -0.2) is 4.79 Å². The van der Waals surface area contributed by atoms with E-state index in [1.165, 1.54) is 6.92 Å². The lowest BCUT2D eigenvalue weighted by Gasteiger charge is -2.24. The van der Waals surface area contributed by atoms with Gasteiger partial charge in [-0.2, -0.15) is 0 Å². The zero-order chi connectivity index (χ0) is 26.5. The van der Waals surface area contributed by atoms with E-state index < -0.39 is 66.8 Å². The molecular weight excluding hydrogens is 462 g/mol. The number of carbonyl (C=O) groups excluding carboxylic acids is 5. The smallest absolute Gasteiger partial charge is 0.408 e. The molecule has 1 rings (SSSR count). The summed E-state index contributed by atoms with van der Waals surface area (Å²) in [6.07, 6.45) is -1.56. The SMILES string of the molecule is CC(=O)OCC(=O)C(CC(=O)O)NC(=O)C(C)NC(=O)C(NC(=O)OCc1ccccc1)C(C)C. The Labute approximate surface area is 202 Å². The first-order valence-corrected chi connectivity index (χ1v) is 10.9. The fourth-order valence-electron chi connectivity index (χ4n) is 2.79. The Bertz CT molecular complexity index is 918. The first-order valence-electron chi connectivity index (χ1n) is 10.9. The van der Waals surface area contributed by atoms with Crippen molar-refractivity contribution in [2.45, 2.75) is 58.8 Å². The third-order valence-corrected chi connectivity index (χ3v) is 4.69. The van der Waals surface area contributed by atoms with Crippen molar-refractivity contribution in [3.63, 3.8) is 0 Å². The van der Waals surface area contributed by atoms with E-state index in [1.54, 1.807) is 38.1 Å². The van der Waals surface area contributed by atoms with Crippen LogP contribution in [-0.2, 0) is 40.1 Å². The molecule has 3 unspecified atom stereocenters. The molecule has 0 radical (unpaired) electrons. The third-order valence-electron chi connectivity index (χ3n) is 4.69. The second-order valence-electron chi connectivity index (χ2n) is 8.06. The van der Waals surface area contributed by atoms with Crippen LogP contribution in [0.3, 0.4) is 0 Å². The maximum atomic E-state index is 12.7. The van der Waals surface area contributed by atoms with Gasteiger partial charge in [0.05, 0.1) is 6.42 Å². The summed E-state index contributed by atoms with van der Waals surface area (Å²) in [4.78, 5) is 71.5. The number of carboxylic acid groups (broad SMARTS) is 1. The molecule has 0 saturated heterocycles. The van der Waals surface area contributed by atoms with Gasteiger partial charge in [-0.3, -0.25) is 24.0 Å². The fraction of sp³-hybridized carbons (Fsp3) is 0.478. The number of ketones is 1. The summed E-state index contributed by atoms with van der Waals surface area (Å²) in [5.41, 5.74) is 0.762. The number of benzene rings is 1. The van der Waals surface area contributed by atoms with Gasteiger partial charge in [0, 0.05) is 6.92 Å². The van der Waals surface area contributed by atoms with Crippen LogP contribution in [0, 0.1) is 5.92 Å². The standard InChI is InChI=1S/C23H31N3O9/c1-13(2)20(26-23(33)35-11-16-8-6-5-7-9-16)22(32)24-14(3)21(31)25-17(10-19(29)30)18(28)12-34-15(4)27/h5-9,13-14,17,20H,10-12H2,1-4H3,(H,24,32)(H,25,31)(H,26,33)(H,29,30). The first-order chi connectivity index (χ1) is 16.4. The van der Waals surface area contributed by atoms with Crippen molar-refractivity contribution in [1.82, 2.24) is 16.0 Å². The molecule has 12 nitrogen and oxygen atoms in total. The number of carbonyl (C=O) groups is 6. The second-order valence-corrected chi connectivity index (χ2v) is 8.06. The van der Waals surface area contributed by atoms with Gasteiger partial charge in [0.1, 0.15) is 24.7 Å². The number of hydrogen-bond donors (Lipinski definition) is 4. The minimum Gasteiger partial charge on any atom is -0.481 e. The van der Waals surface area contributed by atoms with Crippen LogP contribution in [0.1, 0.15) is 39.7 Å². The van der Waals surface area contributed by atoms with Crippen molar-refractivity contribution in [2.75, 3.05) is 6.61 Å². The Balaban J connectivity index is 2.70. The van der Waals surface area contributed by atoms with Crippen LogP contribution >= 0.6 is 0 Å². The number of amides is 3. The van der Waals surface area contributed by atoms with Crippen LogP contribution in [0.4, 0.5) is 4.79 Å². The molecule has 3 amide bonds. The molecule has 4 N–H and O–H groups in total. The Morgan fingerprint density at radius 3 is 2.06 bits per heavy atom. The van der Waals surface area contributed by atoms with E-state index in [0.29, 0.717) is 0 Å². The van der Waals surface area contributed by atoms with E-state index in [9.17, 15) is 28.8 Å². The number of hydrogen-bond acceptors (Lipinski definition) is 8. The van der Waals surface area contributed by atoms with Gasteiger partial charge < -0.3 is 30.5 Å². The highest BCUT2D eigenvalue weighted by atomic mass is 16.5. The van der Waals surface area contributed by atoms with Gasteiger partial charge >= 0.3 is 18.0 Å². The fourth-order valence-corrected chi connectivity index (χ4v) is 2.79. The monoisotopic (exact) mass is 493 g/mol. The van der Waals surface area contributed by atoms with E-state index in [4.69, 9.17) is 9.84 Å². The van der Waals surface area contributed by atoms with Crippen molar-refractivity contribution in [2.24, 2.45) is 5.92 Å². The van der Waals surface area contributed by atoms with Gasteiger partial charge in [-0.1, -0.05) is 44.2 Å². The molecule has 0 aromatic heterocycles. The van der Waals surface area contributed by atoms with Gasteiger partial charge in [0.15, 0.2) is 12.4 Å². The quantitative estimate of drug-likeness (QED) is 0.285. The highest BCUT2D eigenvalue weighted by Gasteiger charge is 2.30. The Morgan fingerprint density at radius 1 is 0.886 bits per heavy atom. The predicted octanol–water partition coefficient (Wildman–Crippen LogP) is 0.534. The summed E-state index contributed by atoms with van der Waals surface area (Å²) in [6.45, 7) is 5.06. The highest BCUT2D eigenvalue weighted by molar-refractivity contribution is 5.96. The Kier molecular flexibility index (Phi) is 11.9. The van der Waals surface area contributed by atoms with Crippen LogP contribution in [-0.4, -0.2) is 65.5 Å². The molecule has 0 aliphatic rings. The van der Waals surface area contributed by atoms with Crippen molar-refractivity contribution < 1.29 is 43.3 Å². The van der Waals surface area contributed by atoms with Gasteiger partial charge in [-0.05, 0) is 18.4 Å². The van der Waals surface area contributed by atoms with Gasteiger partial charge in [0.25, 0.3) is 0 Å². The molecule has 192 valence electrons. The maximum Gasteiger partial charge on any atom is 0.408 e. The van der Waals surface area contributed by atoms with E-state index in [1.807, 2.05) is 6.07 Å². The summed E-state index contributed by atoms with van der Waals surface area (Å²) in [7, 11) is 0. The second kappa shape index (κ2) is 14.3.